The standard InChI is InChI=1S/C14H16F2N2O2/c1-9(19)18(7-6-17-14(20)10-2-3-10)11-4-5-12(15)13(16)8-11/h4-5,8,10H,2-3,6-7H2,1H3,(H,17,20). The second-order valence-corrected chi connectivity index (χ2v) is 4.83. The highest BCUT2D eigenvalue weighted by molar-refractivity contribution is 5.91. The molecule has 1 saturated carbocycles. The largest absolute Gasteiger partial charge is 0.354 e. The van der Waals surface area contributed by atoms with Gasteiger partial charge in [-0.2, -0.15) is 0 Å². The van der Waals surface area contributed by atoms with Crippen molar-refractivity contribution in [2.24, 2.45) is 5.92 Å². The number of benzene rings is 1. The Labute approximate surface area is 115 Å². The summed E-state index contributed by atoms with van der Waals surface area (Å²) in [6.45, 7) is 1.84. The average molecular weight is 282 g/mol. The molecule has 0 radical (unpaired) electrons. The molecular formula is C14H16F2N2O2. The zero-order valence-corrected chi connectivity index (χ0v) is 11.2. The molecule has 0 aliphatic heterocycles. The van der Waals surface area contributed by atoms with E-state index < -0.39 is 11.6 Å². The van der Waals surface area contributed by atoms with Gasteiger partial charge in [0.15, 0.2) is 11.6 Å². The molecule has 0 saturated heterocycles. The van der Waals surface area contributed by atoms with E-state index in [0.29, 0.717) is 0 Å². The van der Waals surface area contributed by atoms with Crippen LogP contribution in [0.1, 0.15) is 19.8 Å². The predicted octanol–water partition coefficient (Wildman–Crippen LogP) is 1.84. The van der Waals surface area contributed by atoms with Crippen molar-refractivity contribution in [3.05, 3.63) is 29.8 Å². The molecule has 0 bridgehead atoms. The number of carbonyl (C=O) groups is 2. The van der Waals surface area contributed by atoms with E-state index in [0.717, 1.165) is 25.0 Å². The third kappa shape index (κ3) is 3.53. The third-order valence-electron chi connectivity index (χ3n) is 3.18. The number of halogens is 2. The molecule has 6 heteroatoms. The van der Waals surface area contributed by atoms with Gasteiger partial charge in [-0.15, -0.1) is 0 Å². The van der Waals surface area contributed by atoms with E-state index in [1.165, 1.54) is 17.9 Å². The molecule has 0 heterocycles. The average Bonchev–Trinajstić information content (AvgIpc) is 3.22. The molecule has 2 amide bonds. The quantitative estimate of drug-likeness (QED) is 0.896. The fraction of sp³-hybridized carbons (Fsp3) is 0.429. The Bertz CT molecular complexity index is 530. The lowest BCUT2D eigenvalue weighted by molar-refractivity contribution is -0.122. The summed E-state index contributed by atoms with van der Waals surface area (Å²) in [5.41, 5.74) is 0.275. The molecule has 0 unspecified atom stereocenters. The molecule has 0 atom stereocenters. The van der Waals surface area contributed by atoms with Crippen LogP contribution in [0.3, 0.4) is 0 Å². The van der Waals surface area contributed by atoms with Crippen molar-refractivity contribution in [2.45, 2.75) is 19.8 Å². The van der Waals surface area contributed by atoms with Gasteiger partial charge >= 0.3 is 0 Å². The first-order valence-electron chi connectivity index (χ1n) is 6.50. The molecule has 1 aliphatic rings. The van der Waals surface area contributed by atoms with Crippen molar-refractivity contribution >= 4 is 17.5 Å². The van der Waals surface area contributed by atoms with E-state index in [9.17, 15) is 18.4 Å². The third-order valence-corrected chi connectivity index (χ3v) is 3.18. The van der Waals surface area contributed by atoms with Crippen LogP contribution in [-0.4, -0.2) is 24.9 Å². The Kier molecular flexibility index (Phi) is 4.32. The lowest BCUT2D eigenvalue weighted by Crippen LogP contribution is -2.38. The molecule has 108 valence electrons. The number of nitrogens with one attached hydrogen (secondary N) is 1. The normalized spacial score (nSPS) is 13.9. The van der Waals surface area contributed by atoms with E-state index in [1.807, 2.05) is 0 Å². The van der Waals surface area contributed by atoms with Crippen molar-refractivity contribution in [2.75, 3.05) is 18.0 Å². The summed E-state index contributed by atoms with van der Waals surface area (Å²) in [6, 6.07) is 3.28. The zero-order chi connectivity index (χ0) is 14.7. The first kappa shape index (κ1) is 14.4. The Balaban J connectivity index is 1.97. The summed E-state index contributed by atoms with van der Waals surface area (Å²) in [5.74, 6) is -2.17. The van der Waals surface area contributed by atoms with Crippen LogP contribution >= 0.6 is 0 Å². The first-order valence-corrected chi connectivity index (χ1v) is 6.50. The summed E-state index contributed by atoms with van der Waals surface area (Å²) in [4.78, 5) is 24.3. The number of hydrogen-bond donors (Lipinski definition) is 1. The van der Waals surface area contributed by atoms with E-state index >= 15 is 0 Å². The SMILES string of the molecule is CC(=O)N(CCNC(=O)C1CC1)c1ccc(F)c(F)c1. The molecule has 0 spiro atoms. The lowest BCUT2D eigenvalue weighted by atomic mass is 10.2. The maximum absolute atomic E-state index is 13.2. The Morgan fingerprint density at radius 2 is 2.00 bits per heavy atom. The molecule has 4 nitrogen and oxygen atoms in total. The number of amides is 2. The topological polar surface area (TPSA) is 49.4 Å². The number of hydrogen-bond acceptors (Lipinski definition) is 2. The van der Waals surface area contributed by atoms with Gasteiger partial charge in [-0.25, -0.2) is 8.78 Å². The molecule has 0 aromatic heterocycles. The van der Waals surface area contributed by atoms with Crippen molar-refractivity contribution in [3.8, 4) is 0 Å². The second-order valence-electron chi connectivity index (χ2n) is 4.83. The monoisotopic (exact) mass is 282 g/mol. The minimum atomic E-state index is -1.00. The lowest BCUT2D eigenvalue weighted by Gasteiger charge is -2.21. The second kappa shape index (κ2) is 5.98. The molecule has 1 aliphatic carbocycles. The molecular weight excluding hydrogens is 266 g/mol. The minimum Gasteiger partial charge on any atom is -0.354 e. The van der Waals surface area contributed by atoms with Gasteiger partial charge in [-0.05, 0) is 25.0 Å². The number of carbonyl (C=O) groups excluding carboxylic acids is 2. The Hall–Kier alpha value is -1.98. The van der Waals surface area contributed by atoms with Crippen LogP contribution in [0.5, 0.6) is 0 Å². The maximum Gasteiger partial charge on any atom is 0.223 e. The van der Waals surface area contributed by atoms with E-state index in [-0.39, 0.29) is 36.5 Å². The summed E-state index contributed by atoms with van der Waals surface area (Å²) in [6.07, 6.45) is 1.82. The van der Waals surface area contributed by atoms with Gasteiger partial charge < -0.3 is 10.2 Å². The minimum absolute atomic E-state index is 0.0150. The van der Waals surface area contributed by atoms with Crippen LogP contribution in [0, 0.1) is 17.6 Å². The van der Waals surface area contributed by atoms with Crippen LogP contribution in [0.4, 0.5) is 14.5 Å². The van der Waals surface area contributed by atoms with Crippen LogP contribution in [0.25, 0.3) is 0 Å². The van der Waals surface area contributed by atoms with Gasteiger partial charge in [0.05, 0.1) is 0 Å². The van der Waals surface area contributed by atoms with Gasteiger partial charge in [-0.1, -0.05) is 0 Å². The fourth-order valence-electron chi connectivity index (χ4n) is 1.90. The molecule has 1 N–H and O–H groups in total. The Morgan fingerprint density at radius 3 is 2.55 bits per heavy atom. The van der Waals surface area contributed by atoms with Gasteiger partial charge in [0.1, 0.15) is 0 Å². The molecule has 1 fully saturated rings. The highest BCUT2D eigenvalue weighted by Gasteiger charge is 2.29. The van der Waals surface area contributed by atoms with Crippen molar-refractivity contribution in [3.63, 3.8) is 0 Å². The molecule has 1 aromatic rings. The smallest absolute Gasteiger partial charge is 0.223 e. The number of nitrogens with zero attached hydrogens (tertiary/aromatic N) is 1. The maximum atomic E-state index is 13.2. The van der Waals surface area contributed by atoms with Gasteiger partial charge in [0.25, 0.3) is 0 Å². The van der Waals surface area contributed by atoms with Crippen molar-refractivity contribution in [1.29, 1.82) is 0 Å². The summed E-state index contributed by atoms with van der Waals surface area (Å²) in [7, 11) is 0. The first-order chi connectivity index (χ1) is 9.49. The highest BCUT2D eigenvalue weighted by Crippen LogP contribution is 2.28. The number of anilines is 1. The van der Waals surface area contributed by atoms with Crippen LogP contribution < -0.4 is 10.2 Å². The zero-order valence-electron chi connectivity index (χ0n) is 11.2. The van der Waals surface area contributed by atoms with E-state index in [1.54, 1.807) is 0 Å². The summed E-state index contributed by atoms with van der Waals surface area (Å²) < 4.78 is 26.1. The van der Waals surface area contributed by atoms with Gasteiger partial charge in [0.2, 0.25) is 11.8 Å². The van der Waals surface area contributed by atoms with Crippen LogP contribution in [-0.2, 0) is 9.59 Å². The molecule has 20 heavy (non-hydrogen) atoms. The van der Waals surface area contributed by atoms with Crippen molar-refractivity contribution < 1.29 is 18.4 Å². The van der Waals surface area contributed by atoms with E-state index in [2.05, 4.69) is 5.32 Å². The molecule has 1 aromatic carbocycles. The van der Waals surface area contributed by atoms with Gasteiger partial charge in [-0.3, -0.25) is 9.59 Å². The predicted molar refractivity (Wildman–Crippen MR) is 70.1 cm³/mol. The van der Waals surface area contributed by atoms with Crippen LogP contribution in [0.2, 0.25) is 0 Å². The summed E-state index contributed by atoms with van der Waals surface area (Å²) >= 11 is 0. The highest BCUT2D eigenvalue weighted by atomic mass is 19.2. The Morgan fingerprint density at radius 1 is 1.30 bits per heavy atom. The van der Waals surface area contributed by atoms with Gasteiger partial charge in [0, 0.05) is 37.7 Å². The van der Waals surface area contributed by atoms with Crippen molar-refractivity contribution in [1.82, 2.24) is 5.32 Å². The summed E-state index contributed by atoms with van der Waals surface area (Å²) in [5, 5.41) is 2.73. The number of rotatable bonds is 5. The van der Waals surface area contributed by atoms with E-state index in [4.69, 9.17) is 0 Å². The molecule has 2 rings (SSSR count). The fourth-order valence-corrected chi connectivity index (χ4v) is 1.90. The van der Waals surface area contributed by atoms with Crippen LogP contribution in [0.15, 0.2) is 18.2 Å².